The number of carbonyl (C=O) groups is 1. The molecule has 22 heavy (non-hydrogen) atoms. The lowest BCUT2D eigenvalue weighted by Gasteiger charge is -2.40. The maximum absolute atomic E-state index is 12.5. The molecule has 1 aliphatic carbocycles. The molecule has 3 aliphatic rings. The lowest BCUT2D eigenvalue weighted by molar-refractivity contribution is -0.127. The highest BCUT2D eigenvalue weighted by Crippen LogP contribution is 2.18. The molecule has 1 saturated carbocycles. The molecule has 0 aromatic rings. The van der Waals surface area contributed by atoms with Gasteiger partial charge in [-0.2, -0.15) is 0 Å². The predicted octanol–water partition coefficient (Wildman–Crippen LogP) is 0.803. The normalized spacial score (nSPS) is 30.3. The van der Waals surface area contributed by atoms with E-state index in [1.165, 1.54) is 38.5 Å². The van der Waals surface area contributed by atoms with Crippen molar-refractivity contribution < 1.29 is 4.79 Å². The van der Waals surface area contributed by atoms with Gasteiger partial charge < -0.3 is 10.6 Å². The van der Waals surface area contributed by atoms with Crippen LogP contribution in [0.15, 0.2) is 0 Å². The number of amides is 1. The smallest absolute Gasteiger partial charge is 0.237 e. The Bertz CT molecular complexity index is 356. The zero-order valence-electron chi connectivity index (χ0n) is 14.0. The Morgan fingerprint density at radius 1 is 1.09 bits per heavy atom. The standard InChI is InChI=1S/C17H32N4O/c1-14(17(22)19-15-5-3-2-4-6-15)20-9-11-21(12-10-20)16-7-8-18-13-16/h14-16,18H,2-13H2,1H3,(H,19,22). The topological polar surface area (TPSA) is 47.6 Å². The van der Waals surface area contributed by atoms with E-state index in [1.54, 1.807) is 0 Å². The van der Waals surface area contributed by atoms with Crippen LogP contribution in [0.2, 0.25) is 0 Å². The molecule has 0 bridgehead atoms. The molecule has 0 spiro atoms. The van der Waals surface area contributed by atoms with Crippen molar-refractivity contribution in [2.75, 3.05) is 39.3 Å². The van der Waals surface area contributed by atoms with Crippen molar-refractivity contribution in [1.29, 1.82) is 0 Å². The number of piperazine rings is 1. The van der Waals surface area contributed by atoms with Crippen LogP contribution in [0.1, 0.15) is 45.4 Å². The molecule has 2 heterocycles. The summed E-state index contributed by atoms with van der Waals surface area (Å²) in [5.41, 5.74) is 0. The zero-order chi connectivity index (χ0) is 15.4. The third kappa shape index (κ3) is 4.00. The molecule has 5 heteroatoms. The molecule has 5 nitrogen and oxygen atoms in total. The summed E-state index contributed by atoms with van der Waals surface area (Å²) in [5, 5.41) is 6.73. The summed E-state index contributed by atoms with van der Waals surface area (Å²) in [6.07, 6.45) is 7.49. The number of hydrogen-bond acceptors (Lipinski definition) is 4. The third-order valence-electron chi connectivity index (χ3n) is 5.78. The fourth-order valence-corrected chi connectivity index (χ4v) is 4.18. The SMILES string of the molecule is CC(C(=O)NC1CCCCC1)N1CCN(C2CCNC2)CC1. The summed E-state index contributed by atoms with van der Waals surface area (Å²) in [7, 11) is 0. The molecule has 2 unspecified atom stereocenters. The van der Waals surface area contributed by atoms with Crippen LogP contribution in [0.25, 0.3) is 0 Å². The Labute approximate surface area is 134 Å². The summed E-state index contributed by atoms with van der Waals surface area (Å²) in [6.45, 7) is 8.63. The molecule has 0 radical (unpaired) electrons. The van der Waals surface area contributed by atoms with E-state index in [9.17, 15) is 4.79 Å². The summed E-state index contributed by atoms with van der Waals surface area (Å²) in [6, 6.07) is 1.16. The Morgan fingerprint density at radius 3 is 2.45 bits per heavy atom. The number of nitrogens with one attached hydrogen (secondary N) is 2. The minimum absolute atomic E-state index is 0.0192. The summed E-state index contributed by atoms with van der Waals surface area (Å²) < 4.78 is 0. The second-order valence-electron chi connectivity index (χ2n) is 7.24. The number of carbonyl (C=O) groups excluding carboxylic acids is 1. The van der Waals surface area contributed by atoms with E-state index < -0.39 is 0 Å². The van der Waals surface area contributed by atoms with Gasteiger partial charge in [-0.1, -0.05) is 19.3 Å². The third-order valence-corrected chi connectivity index (χ3v) is 5.78. The predicted molar refractivity (Wildman–Crippen MR) is 88.9 cm³/mol. The molecule has 2 saturated heterocycles. The lowest BCUT2D eigenvalue weighted by Crippen LogP contribution is -2.56. The van der Waals surface area contributed by atoms with Gasteiger partial charge >= 0.3 is 0 Å². The van der Waals surface area contributed by atoms with Gasteiger partial charge in [0.1, 0.15) is 0 Å². The first-order valence-electron chi connectivity index (χ1n) is 9.23. The van der Waals surface area contributed by atoms with Crippen molar-refractivity contribution >= 4 is 5.91 Å². The summed E-state index contributed by atoms with van der Waals surface area (Å²) in [4.78, 5) is 17.4. The van der Waals surface area contributed by atoms with Crippen molar-refractivity contribution in [3.63, 3.8) is 0 Å². The maximum Gasteiger partial charge on any atom is 0.237 e. The van der Waals surface area contributed by atoms with Crippen molar-refractivity contribution in [2.24, 2.45) is 0 Å². The molecule has 126 valence electrons. The Hall–Kier alpha value is -0.650. The van der Waals surface area contributed by atoms with Crippen molar-refractivity contribution in [2.45, 2.75) is 63.6 Å². The Kier molecular flexibility index (Phi) is 5.71. The van der Waals surface area contributed by atoms with Crippen molar-refractivity contribution in [1.82, 2.24) is 20.4 Å². The van der Waals surface area contributed by atoms with E-state index in [4.69, 9.17) is 0 Å². The highest BCUT2D eigenvalue weighted by atomic mass is 16.2. The average Bonchev–Trinajstić information content (AvgIpc) is 3.10. The molecule has 2 atom stereocenters. The second kappa shape index (κ2) is 7.75. The first kappa shape index (κ1) is 16.2. The Morgan fingerprint density at radius 2 is 1.82 bits per heavy atom. The first-order valence-corrected chi connectivity index (χ1v) is 9.23. The van der Waals surface area contributed by atoms with Gasteiger partial charge in [0, 0.05) is 44.8 Å². The highest BCUT2D eigenvalue weighted by molar-refractivity contribution is 5.81. The van der Waals surface area contributed by atoms with Crippen LogP contribution in [0.5, 0.6) is 0 Å². The molecule has 0 aromatic heterocycles. The van der Waals surface area contributed by atoms with Gasteiger partial charge in [0.05, 0.1) is 6.04 Å². The largest absolute Gasteiger partial charge is 0.352 e. The van der Waals surface area contributed by atoms with E-state index in [0.717, 1.165) is 39.3 Å². The molecular formula is C17H32N4O. The van der Waals surface area contributed by atoms with Gasteiger partial charge in [-0.3, -0.25) is 14.6 Å². The van der Waals surface area contributed by atoms with E-state index in [0.29, 0.717) is 12.1 Å². The highest BCUT2D eigenvalue weighted by Gasteiger charge is 2.30. The lowest BCUT2D eigenvalue weighted by atomic mass is 9.95. The van der Waals surface area contributed by atoms with Gasteiger partial charge in [-0.25, -0.2) is 0 Å². The minimum atomic E-state index is 0.0192. The monoisotopic (exact) mass is 308 g/mol. The minimum Gasteiger partial charge on any atom is -0.352 e. The molecule has 2 aliphatic heterocycles. The van der Waals surface area contributed by atoms with Crippen LogP contribution in [0.4, 0.5) is 0 Å². The van der Waals surface area contributed by atoms with Crippen LogP contribution in [-0.4, -0.2) is 73.1 Å². The first-order chi connectivity index (χ1) is 10.7. The number of rotatable bonds is 4. The molecule has 3 rings (SSSR count). The number of nitrogens with zero attached hydrogens (tertiary/aromatic N) is 2. The van der Waals surface area contributed by atoms with E-state index in [-0.39, 0.29) is 11.9 Å². The molecule has 1 amide bonds. The van der Waals surface area contributed by atoms with E-state index in [1.807, 2.05) is 0 Å². The molecular weight excluding hydrogens is 276 g/mol. The summed E-state index contributed by atoms with van der Waals surface area (Å²) >= 11 is 0. The van der Waals surface area contributed by atoms with Crippen molar-refractivity contribution in [3.8, 4) is 0 Å². The van der Waals surface area contributed by atoms with Crippen LogP contribution < -0.4 is 10.6 Å². The fourth-order valence-electron chi connectivity index (χ4n) is 4.18. The maximum atomic E-state index is 12.5. The van der Waals surface area contributed by atoms with Crippen LogP contribution >= 0.6 is 0 Å². The van der Waals surface area contributed by atoms with Gasteiger partial charge in [0.25, 0.3) is 0 Å². The van der Waals surface area contributed by atoms with Crippen LogP contribution in [-0.2, 0) is 4.79 Å². The van der Waals surface area contributed by atoms with Gasteiger partial charge in [0.2, 0.25) is 5.91 Å². The second-order valence-corrected chi connectivity index (χ2v) is 7.24. The molecule has 2 N–H and O–H groups in total. The van der Waals surface area contributed by atoms with Crippen molar-refractivity contribution in [3.05, 3.63) is 0 Å². The van der Waals surface area contributed by atoms with E-state index in [2.05, 4.69) is 27.4 Å². The average molecular weight is 308 g/mol. The Balaban J connectivity index is 1.42. The fraction of sp³-hybridized carbons (Fsp3) is 0.941. The summed E-state index contributed by atoms with van der Waals surface area (Å²) in [5.74, 6) is 0.239. The molecule has 0 aromatic carbocycles. The van der Waals surface area contributed by atoms with Crippen LogP contribution in [0, 0.1) is 0 Å². The molecule has 3 fully saturated rings. The van der Waals surface area contributed by atoms with Gasteiger partial charge in [-0.05, 0) is 32.7 Å². The van der Waals surface area contributed by atoms with Crippen LogP contribution in [0.3, 0.4) is 0 Å². The zero-order valence-corrected chi connectivity index (χ0v) is 14.0. The number of hydrogen-bond donors (Lipinski definition) is 2. The van der Waals surface area contributed by atoms with Gasteiger partial charge in [-0.15, -0.1) is 0 Å². The van der Waals surface area contributed by atoms with E-state index >= 15 is 0 Å². The van der Waals surface area contributed by atoms with Gasteiger partial charge in [0.15, 0.2) is 0 Å². The quantitative estimate of drug-likeness (QED) is 0.807.